The average molecular weight is 309 g/mol. The molecule has 21 heavy (non-hydrogen) atoms. The lowest BCUT2D eigenvalue weighted by molar-refractivity contribution is 0.176. The van der Waals surface area contributed by atoms with Crippen molar-refractivity contribution in [3.05, 3.63) is 28.8 Å². The molecule has 0 radical (unpaired) electrons. The highest BCUT2D eigenvalue weighted by atomic mass is 35.5. The number of hydrogen-bond donors (Lipinski definition) is 1. The minimum absolute atomic E-state index is 0.369. The lowest BCUT2D eigenvalue weighted by atomic mass is 9.86. The van der Waals surface area contributed by atoms with Crippen molar-refractivity contribution in [1.29, 1.82) is 0 Å². The van der Waals surface area contributed by atoms with Crippen LogP contribution in [0.25, 0.3) is 0 Å². The quantitative estimate of drug-likeness (QED) is 0.905. The number of benzene rings is 1. The lowest BCUT2D eigenvalue weighted by Gasteiger charge is -2.27. The highest BCUT2D eigenvalue weighted by molar-refractivity contribution is 6.30. The van der Waals surface area contributed by atoms with Crippen LogP contribution in [0.1, 0.15) is 37.3 Å². The van der Waals surface area contributed by atoms with E-state index in [1.54, 1.807) is 0 Å². The fourth-order valence-electron chi connectivity index (χ4n) is 3.42. The maximum atomic E-state index is 6.22. The molecule has 2 atom stereocenters. The first kappa shape index (κ1) is 15.1. The zero-order chi connectivity index (χ0) is 14.8. The van der Waals surface area contributed by atoms with Crippen molar-refractivity contribution in [2.24, 2.45) is 17.6 Å². The first-order valence-corrected chi connectivity index (χ1v) is 8.37. The molecule has 4 heteroatoms. The Balaban J connectivity index is 1.77. The van der Waals surface area contributed by atoms with Gasteiger partial charge in [-0.1, -0.05) is 18.0 Å². The van der Waals surface area contributed by atoms with Gasteiger partial charge < -0.3 is 10.5 Å². The van der Waals surface area contributed by atoms with E-state index in [0.29, 0.717) is 12.0 Å². The van der Waals surface area contributed by atoms with Crippen molar-refractivity contribution in [3.63, 3.8) is 0 Å². The van der Waals surface area contributed by atoms with E-state index in [-0.39, 0.29) is 0 Å². The van der Waals surface area contributed by atoms with E-state index in [1.807, 2.05) is 12.1 Å². The third-order valence-corrected chi connectivity index (χ3v) is 5.23. The molecular weight excluding hydrogens is 284 g/mol. The van der Waals surface area contributed by atoms with Gasteiger partial charge in [-0.05, 0) is 62.9 Å². The van der Waals surface area contributed by atoms with Gasteiger partial charge in [0, 0.05) is 23.2 Å². The fraction of sp³-hybridized carbons (Fsp3) is 0.647. The van der Waals surface area contributed by atoms with Gasteiger partial charge in [0.25, 0.3) is 0 Å². The Labute approximate surface area is 132 Å². The molecule has 1 aromatic rings. The van der Waals surface area contributed by atoms with Crippen LogP contribution in [0.2, 0.25) is 5.02 Å². The summed E-state index contributed by atoms with van der Waals surface area (Å²) in [5.41, 5.74) is 7.07. The Bertz CT molecular complexity index is 490. The van der Waals surface area contributed by atoms with E-state index in [2.05, 4.69) is 18.0 Å². The van der Waals surface area contributed by atoms with Crippen molar-refractivity contribution < 1.29 is 4.74 Å². The molecule has 0 bridgehead atoms. The normalized spacial score (nSPS) is 26.8. The summed E-state index contributed by atoms with van der Waals surface area (Å²) in [6.45, 7) is 2.64. The van der Waals surface area contributed by atoms with Crippen LogP contribution in [0.15, 0.2) is 18.2 Å². The smallest absolute Gasteiger partial charge is 0.124 e. The summed E-state index contributed by atoms with van der Waals surface area (Å²) in [5, 5.41) is 0.783. The lowest BCUT2D eigenvalue weighted by Crippen LogP contribution is -2.22. The second-order valence-corrected chi connectivity index (χ2v) is 7.02. The van der Waals surface area contributed by atoms with Crippen LogP contribution in [-0.2, 0) is 0 Å². The Morgan fingerprint density at radius 3 is 2.76 bits per heavy atom. The third kappa shape index (κ3) is 3.36. The number of hydrogen-bond acceptors (Lipinski definition) is 3. The number of ether oxygens (including phenoxy) is 1. The van der Waals surface area contributed by atoms with Gasteiger partial charge in [-0.3, -0.25) is 4.90 Å². The van der Waals surface area contributed by atoms with Crippen LogP contribution in [0.3, 0.4) is 0 Å². The maximum Gasteiger partial charge on any atom is 0.124 e. The van der Waals surface area contributed by atoms with Crippen molar-refractivity contribution in [3.8, 4) is 5.75 Å². The van der Waals surface area contributed by atoms with Crippen molar-refractivity contribution >= 4 is 11.6 Å². The molecule has 0 spiro atoms. The summed E-state index contributed by atoms with van der Waals surface area (Å²) in [4.78, 5) is 2.37. The van der Waals surface area contributed by atoms with Gasteiger partial charge in [0.1, 0.15) is 5.75 Å². The third-order valence-electron chi connectivity index (χ3n) is 5.00. The highest BCUT2D eigenvalue weighted by Gasteiger charge is 2.32. The van der Waals surface area contributed by atoms with Crippen LogP contribution < -0.4 is 10.5 Å². The van der Waals surface area contributed by atoms with Gasteiger partial charge in [0.15, 0.2) is 0 Å². The first-order valence-electron chi connectivity index (χ1n) is 8.00. The molecule has 2 aliphatic rings. The summed E-state index contributed by atoms with van der Waals surface area (Å²) >= 11 is 6.22. The Morgan fingerprint density at radius 1 is 1.33 bits per heavy atom. The second kappa shape index (κ2) is 6.55. The number of rotatable bonds is 5. The zero-order valence-electron chi connectivity index (χ0n) is 12.7. The van der Waals surface area contributed by atoms with Gasteiger partial charge in [0.05, 0.1) is 6.61 Å². The molecule has 1 aromatic carbocycles. The summed E-state index contributed by atoms with van der Waals surface area (Å²) in [7, 11) is 2.16. The Kier molecular flexibility index (Phi) is 4.72. The van der Waals surface area contributed by atoms with Gasteiger partial charge in [0.2, 0.25) is 0 Å². The predicted octanol–water partition coefficient (Wildman–Crippen LogP) is 3.47. The molecular formula is C17H25ClN2O. The SMILES string of the molecule is CN1CC(CN)CC1c1cc(Cl)ccc1OCC1CCC1. The first-order chi connectivity index (χ1) is 10.2. The van der Waals surface area contributed by atoms with Crippen LogP contribution in [0.4, 0.5) is 0 Å². The minimum atomic E-state index is 0.369. The molecule has 1 saturated heterocycles. The molecule has 2 fully saturated rings. The molecule has 0 amide bonds. The van der Waals surface area contributed by atoms with Crippen molar-refractivity contribution in [2.75, 3.05) is 26.7 Å². The van der Waals surface area contributed by atoms with E-state index in [0.717, 1.165) is 42.8 Å². The summed E-state index contributed by atoms with van der Waals surface area (Å²) in [6, 6.07) is 6.39. The molecule has 1 aliphatic carbocycles. The highest BCUT2D eigenvalue weighted by Crippen LogP contribution is 2.40. The molecule has 1 heterocycles. The minimum Gasteiger partial charge on any atom is -0.493 e. The average Bonchev–Trinajstić information content (AvgIpc) is 2.79. The van der Waals surface area contributed by atoms with Crippen molar-refractivity contribution in [1.82, 2.24) is 4.90 Å². The van der Waals surface area contributed by atoms with Crippen LogP contribution in [0, 0.1) is 11.8 Å². The van der Waals surface area contributed by atoms with Crippen LogP contribution in [-0.4, -0.2) is 31.6 Å². The molecule has 0 aromatic heterocycles. The monoisotopic (exact) mass is 308 g/mol. The summed E-state index contributed by atoms with van der Waals surface area (Å²) in [5.74, 6) is 2.31. The molecule has 3 rings (SSSR count). The van der Waals surface area contributed by atoms with E-state index in [9.17, 15) is 0 Å². The topological polar surface area (TPSA) is 38.5 Å². The van der Waals surface area contributed by atoms with Crippen LogP contribution >= 0.6 is 11.6 Å². The molecule has 1 aliphatic heterocycles. The van der Waals surface area contributed by atoms with Gasteiger partial charge >= 0.3 is 0 Å². The van der Waals surface area contributed by atoms with E-state index in [4.69, 9.17) is 22.1 Å². The van der Waals surface area contributed by atoms with Crippen molar-refractivity contribution in [2.45, 2.75) is 31.7 Å². The predicted molar refractivity (Wildman–Crippen MR) is 86.8 cm³/mol. The summed E-state index contributed by atoms with van der Waals surface area (Å²) in [6.07, 6.45) is 5.06. The van der Waals surface area contributed by atoms with E-state index < -0.39 is 0 Å². The number of nitrogens with zero attached hydrogens (tertiary/aromatic N) is 1. The molecule has 116 valence electrons. The van der Waals surface area contributed by atoms with Gasteiger partial charge in [-0.25, -0.2) is 0 Å². The second-order valence-electron chi connectivity index (χ2n) is 6.58. The van der Waals surface area contributed by atoms with Gasteiger partial charge in [-0.15, -0.1) is 0 Å². The molecule has 3 nitrogen and oxygen atoms in total. The summed E-state index contributed by atoms with van der Waals surface area (Å²) < 4.78 is 6.11. The number of nitrogens with two attached hydrogens (primary N) is 1. The van der Waals surface area contributed by atoms with Gasteiger partial charge in [-0.2, -0.15) is 0 Å². The maximum absolute atomic E-state index is 6.22. The number of halogens is 1. The molecule has 2 N–H and O–H groups in total. The Hall–Kier alpha value is -0.770. The molecule has 1 saturated carbocycles. The zero-order valence-corrected chi connectivity index (χ0v) is 13.5. The largest absolute Gasteiger partial charge is 0.493 e. The fourth-order valence-corrected chi connectivity index (χ4v) is 3.60. The van der Waals surface area contributed by atoms with E-state index in [1.165, 1.54) is 24.8 Å². The van der Waals surface area contributed by atoms with Crippen LogP contribution in [0.5, 0.6) is 5.75 Å². The molecule has 2 unspecified atom stereocenters. The number of likely N-dealkylation sites (tertiary alicyclic amines) is 1. The van der Waals surface area contributed by atoms with E-state index >= 15 is 0 Å². The standard InChI is InChI=1S/C17H25ClN2O/c1-20-10-13(9-19)7-16(20)15-8-14(18)5-6-17(15)21-11-12-3-2-4-12/h5-6,8,12-13,16H,2-4,7,9-11,19H2,1H3. The Morgan fingerprint density at radius 2 is 2.14 bits per heavy atom.